The van der Waals surface area contributed by atoms with Gasteiger partial charge in [0.2, 0.25) is 0 Å². The Morgan fingerprint density at radius 3 is 2.08 bits per heavy atom. The molecule has 2 aromatic carbocycles. The molecule has 4 heteroatoms. The van der Waals surface area contributed by atoms with Crippen LogP contribution in [0.5, 0.6) is 5.75 Å². The van der Waals surface area contributed by atoms with Gasteiger partial charge in [0.15, 0.2) is 5.60 Å². The van der Waals surface area contributed by atoms with Crippen molar-refractivity contribution in [3.63, 3.8) is 0 Å². The quantitative estimate of drug-likeness (QED) is 0.786. The molecule has 4 nitrogen and oxygen atoms in total. The summed E-state index contributed by atoms with van der Waals surface area (Å²) in [6, 6.07) is 14.9. The number of piperidine rings is 1. The SMILES string of the molecule is C#CC(O)(c1ccc(OCCO)cc1)c1ccc(N2CCCCC2)cc1. The molecule has 1 aliphatic rings. The first-order valence-corrected chi connectivity index (χ1v) is 9.07. The van der Waals surface area contributed by atoms with Crippen molar-refractivity contribution in [3.8, 4) is 18.1 Å². The summed E-state index contributed by atoms with van der Waals surface area (Å²) < 4.78 is 5.36. The molecule has 0 saturated carbocycles. The van der Waals surface area contributed by atoms with Gasteiger partial charge >= 0.3 is 0 Å². The van der Waals surface area contributed by atoms with E-state index >= 15 is 0 Å². The Labute approximate surface area is 155 Å². The summed E-state index contributed by atoms with van der Waals surface area (Å²) in [5.74, 6) is 3.16. The fourth-order valence-electron chi connectivity index (χ4n) is 3.35. The summed E-state index contributed by atoms with van der Waals surface area (Å²) in [7, 11) is 0. The summed E-state index contributed by atoms with van der Waals surface area (Å²) in [6.07, 6.45) is 9.44. The fraction of sp³-hybridized carbons (Fsp3) is 0.364. The highest BCUT2D eigenvalue weighted by Crippen LogP contribution is 2.32. The average Bonchev–Trinajstić information content (AvgIpc) is 2.73. The second-order valence-electron chi connectivity index (χ2n) is 6.55. The minimum absolute atomic E-state index is 0.0423. The number of terminal acetylenes is 1. The molecule has 1 saturated heterocycles. The van der Waals surface area contributed by atoms with E-state index in [1.54, 1.807) is 24.3 Å². The lowest BCUT2D eigenvalue weighted by molar-refractivity contribution is 0.145. The molecule has 0 aliphatic carbocycles. The normalized spacial score (nSPS) is 16.6. The number of ether oxygens (including phenoxy) is 1. The summed E-state index contributed by atoms with van der Waals surface area (Å²) >= 11 is 0. The highest BCUT2D eigenvalue weighted by atomic mass is 16.5. The summed E-state index contributed by atoms with van der Waals surface area (Å²) in [5, 5.41) is 19.9. The van der Waals surface area contributed by atoms with Crippen molar-refractivity contribution in [2.75, 3.05) is 31.2 Å². The maximum Gasteiger partial charge on any atom is 0.176 e. The molecule has 2 aromatic rings. The van der Waals surface area contributed by atoms with Gasteiger partial charge < -0.3 is 19.8 Å². The molecule has 26 heavy (non-hydrogen) atoms. The number of aliphatic hydroxyl groups excluding tert-OH is 1. The molecular formula is C22H25NO3. The van der Waals surface area contributed by atoms with Crippen LogP contribution in [0.3, 0.4) is 0 Å². The molecule has 0 bridgehead atoms. The van der Waals surface area contributed by atoms with E-state index < -0.39 is 5.60 Å². The van der Waals surface area contributed by atoms with Gasteiger partial charge in [0.05, 0.1) is 6.61 Å². The topological polar surface area (TPSA) is 52.9 Å². The van der Waals surface area contributed by atoms with E-state index in [2.05, 4.69) is 10.8 Å². The maximum atomic E-state index is 11.1. The summed E-state index contributed by atoms with van der Waals surface area (Å²) in [4.78, 5) is 2.37. The first-order valence-electron chi connectivity index (χ1n) is 9.07. The lowest BCUT2D eigenvalue weighted by atomic mass is 9.87. The van der Waals surface area contributed by atoms with Gasteiger partial charge in [0, 0.05) is 29.9 Å². The molecule has 1 fully saturated rings. The Bertz CT molecular complexity index is 742. The number of anilines is 1. The maximum absolute atomic E-state index is 11.1. The second-order valence-corrected chi connectivity index (χ2v) is 6.55. The largest absolute Gasteiger partial charge is 0.491 e. The molecule has 0 amide bonds. The van der Waals surface area contributed by atoms with Crippen LogP contribution >= 0.6 is 0 Å². The molecule has 0 aromatic heterocycles. The van der Waals surface area contributed by atoms with Crippen molar-refractivity contribution >= 4 is 5.69 Å². The van der Waals surface area contributed by atoms with Crippen LogP contribution in [0, 0.1) is 12.3 Å². The van der Waals surface area contributed by atoms with Crippen LogP contribution in [0.4, 0.5) is 5.69 Å². The van der Waals surface area contributed by atoms with Crippen LogP contribution in [-0.2, 0) is 5.60 Å². The van der Waals surface area contributed by atoms with Crippen LogP contribution in [0.25, 0.3) is 0 Å². The number of aliphatic hydroxyl groups is 2. The third-order valence-corrected chi connectivity index (χ3v) is 4.85. The van der Waals surface area contributed by atoms with Gasteiger partial charge in [-0.05, 0) is 43.5 Å². The number of rotatable bonds is 6. The molecule has 0 radical (unpaired) electrons. The number of nitrogens with zero attached hydrogens (tertiary/aromatic N) is 1. The first-order chi connectivity index (χ1) is 12.7. The zero-order valence-corrected chi connectivity index (χ0v) is 14.9. The molecule has 2 N–H and O–H groups in total. The zero-order chi connectivity index (χ0) is 18.4. The minimum atomic E-state index is -1.49. The number of hydrogen-bond acceptors (Lipinski definition) is 4. The second kappa shape index (κ2) is 8.27. The molecule has 1 heterocycles. The van der Waals surface area contributed by atoms with Crippen molar-refractivity contribution in [1.82, 2.24) is 0 Å². The monoisotopic (exact) mass is 351 g/mol. The third kappa shape index (κ3) is 3.85. The summed E-state index contributed by atoms with van der Waals surface area (Å²) in [5.41, 5.74) is 0.961. The Balaban J connectivity index is 1.81. The molecule has 3 rings (SSSR count). The predicted octanol–water partition coefficient (Wildman–Crippen LogP) is 2.92. The lowest BCUT2D eigenvalue weighted by Crippen LogP contribution is -2.29. The van der Waals surface area contributed by atoms with E-state index in [9.17, 15) is 5.11 Å². The molecule has 1 unspecified atom stereocenters. The van der Waals surface area contributed by atoms with Crippen molar-refractivity contribution in [1.29, 1.82) is 0 Å². The van der Waals surface area contributed by atoms with Crippen molar-refractivity contribution in [2.45, 2.75) is 24.9 Å². The van der Waals surface area contributed by atoms with Crippen molar-refractivity contribution in [3.05, 3.63) is 59.7 Å². The van der Waals surface area contributed by atoms with Crippen LogP contribution in [0.2, 0.25) is 0 Å². The van der Waals surface area contributed by atoms with Gasteiger partial charge in [-0.25, -0.2) is 0 Å². The van der Waals surface area contributed by atoms with E-state index in [1.165, 1.54) is 24.9 Å². The van der Waals surface area contributed by atoms with Gasteiger partial charge in [0.1, 0.15) is 12.4 Å². The molecule has 1 aliphatic heterocycles. The van der Waals surface area contributed by atoms with E-state index in [4.69, 9.17) is 16.3 Å². The lowest BCUT2D eigenvalue weighted by Gasteiger charge is -2.30. The fourth-order valence-corrected chi connectivity index (χ4v) is 3.35. The van der Waals surface area contributed by atoms with Gasteiger partial charge in [-0.3, -0.25) is 0 Å². The van der Waals surface area contributed by atoms with Gasteiger partial charge in [-0.2, -0.15) is 0 Å². The van der Waals surface area contributed by atoms with Gasteiger partial charge in [0.25, 0.3) is 0 Å². The van der Waals surface area contributed by atoms with E-state index in [-0.39, 0.29) is 13.2 Å². The zero-order valence-electron chi connectivity index (χ0n) is 14.9. The Hall–Kier alpha value is -2.48. The van der Waals surface area contributed by atoms with E-state index in [0.29, 0.717) is 16.9 Å². The van der Waals surface area contributed by atoms with E-state index in [1.807, 2.05) is 24.3 Å². The standard InChI is InChI=1S/C22H25NO3/c1-2-22(25,19-8-12-21(13-9-19)26-17-16-24)18-6-10-20(11-7-18)23-14-4-3-5-15-23/h1,6-13,24-25H,3-5,14-17H2. The third-order valence-electron chi connectivity index (χ3n) is 4.85. The minimum Gasteiger partial charge on any atom is -0.491 e. The van der Waals surface area contributed by atoms with Gasteiger partial charge in [-0.1, -0.05) is 30.2 Å². The van der Waals surface area contributed by atoms with Crippen molar-refractivity contribution in [2.24, 2.45) is 0 Å². The smallest absolute Gasteiger partial charge is 0.176 e. The number of benzene rings is 2. The van der Waals surface area contributed by atoms with Crippen LogP contribution < -0.4 is 9.64 Å². The van der Waals surface area contributed by atoms with Gasteiger partial charge in [-0.15, -0.1) is 6.42 Å². The number of hydrogen-bond donors (Lipinski definition) is 2. The highest BCUT2D eigenvalue weighted by Gasteiger charge is 2.29. The van der Waals surface area contributed by atoms with Crippen LogP contribution in [0.15, 0.2) is 48.5 Å². The summed E-state index contributed by atoms with van der Waals surface area (Å²) in [6.45, 7) is 2.35. The van der Waals surface area contributed by atoms with Crippen LogP contribution in [-0.4, -0.2) is 36.5 Å². The predicted molar refractivity (Wildman–Crippen MR) is 103 cm³/mol. The first kappa shape index (κ1) is 18.3. The molecule has 1 atom stereocenters. The Morgan fingerprint density at radius 1 is 0.962 bits per heavy atom. The Kier molecular flexibility index (Phi) is 5.82. The molecule has 0 spiro atoms. The van der Waals surface area contributed by atoms with E-state index in [0.717, 1.165) is 13.1 Å². The Morgan fingerprint density at radius 2 is 1.54 bits per heavy atom. The average molecular weight is 351 g/mol. The van der Waals surface area contributed by atoms with Crippen molar-refractivity contribution < 1.29 is 14.9 Å². The molecular weight excluding hydrogens is 326 g/mol. The highest BCUT2D eigenvalue weighted by molar-refractivity contribution is 5.52. The van der Waals surface area contributed by atoms with Crippen LogP contribution in [0.1, 0.15) is 30.4 Å². The molecule has 136 valence electrons.